The molecule has 7 nitrogen and oxygen atoms in total. The van der Waals surface area contributed by atoms with E-state index in [1.165, 1.54) is 28.0 Å². The second-order valence-corrected chi connectivity index (χ2v) is 7.88. The van der Waals surface area contributed by atoms with Crippen molar-refractivity contribution in [3.8, 4) is 0 Å². The van der Waals surface area contributed by atoms with Gasteiger partial charge in [0.15, 0.2) is 0 Å². The van der Waals surface area contributed by atoms with Gasteiger partial charge < -0.3 is 10.0 Å². The lowest BCUT2D eigenvalue weighted by Gasteiger charge is -2.33. The van der Waals surface area contributed by atoms with Crippen LogP contribution in [0.1, 0.15) is 82.4 Å². The third kappa shape index (κ3) is 3.08. The summed E-state index contributed by atoms with van der Waals surface area (Å²) < 4.78 is 0. The molecule has 0 unspecified atom stereocenters. The van der Waals surface area contributed by atoms with Gasteiger partial charge in [-0.25, -0.2) is 4.79 Å². The van der Waals surface area contributed by atoms with Crippen LogP contribution in [0.25, 0.3) is 0 Å². The van der Waals surface area contributed by atoms with Crippen LogP contribution in [-0.2, 0) is 4.79 Å². The van der Waals surface area contributed by atoms with Crippen LogP contribution >= 0.6 is 0 Å². The minimum Gasteiger partial charge on any atom is -0.480 e. The van der Waals surface area contributed by atoms with Crippen molar-refractivity contribution in [2.24, 2.45) is 0 Å². The summed E-state index contributed by atoms with van der Waals surface area (Å²) in [5.74, 6) is -2.03. The summed E-state index contributed by atoms with van der Waals surface area (Å²) in [6, 6.07) is 3.62. The normalized spacial score (nSPS) is 23.1. The number of rotatable bonds is 3. The molecule has 3 aliphatic rings. The van der Waals surface area contributed by atoms with Gasteiger partial charge in [0, 0.05) is 18.2 Å². The standard InChI is InChI=1S/C21H24N2O5/c24-18(22-11-5-4-8-17(22)21(27)28)13-9-10-15-16(12-13)20(26)23(19(15)25)14-6-2-1-3-7-14/h9-10,12,14,17H,1-8,11H2,(H,27,28)/t17-/m1/s1. The van der Waals surface area contributed by atoms with Crippen LogP contribution in [0, 0.1) is 0 Å². The van der Waals surface area contributed by atoms with Gasteiger partial charge in [-0.15, -0.1) is 0 Å². The number of piperidine rings is 1. The fourth-order valence-electron chi connectivity index (χ4n) is 4.66. The van der Waals surface area contributed by atoms with Gasteiger partial charge in [-0.3, -0.25) is 19.3 Å². The van der Waals surface area contributed by atoms with Gasteiger partial charge in [-0.05, 0) is 50.3 Å². The van der Waals surface area contributed by atoms with Crippen molar-refractivity contribution in [3.63, 3.8) is 0 Å². The van der Waals surface area contributed by atoms with Crippen LogP contribution in [0.5, 0.6) is 0 Å². The summed E-state index contributed by atoms with van der Waals surface area (Å²) in [6.07, 6.45) is 6.75. The second-order valence-electron chi connectivity index (χ2n) is 7.88. The zero-order valence-corrected chi connectivity index (χ0v) is 15.7. The fraction of sp³-hybridized carbons (Fsp3) is 0.524. The van der Waals surface area contributed by atoms with Crippen molar-refractivity contribution in [3.05, 3.63) is 34.9 Å². The van der Waals surface area contributed by atoms with E-state index in [0.717, 1.165) is 44.9 Å². The SMILES string of the molecule is O=C(O)[C@H]1CCCCN1C(=O)c1ccc2c(c1)C(=O)N(C1CCCCC1)C2=O. The number of carboxylic acid groups (broad SMARTS) is 1. The monoisotopic (exact) mass is 384 g/mol. The van der Waals surface area contributed by atoms with E-state index in [0.29, 0.717) is 18.5 Å². The smallest absolute Gasteiger partial charge is 0.326 e. The molecule has 0 bridgehead atoms. The maximum Gasteiger partial charge on any atom is 0.326 e. The molecule has 2 fully saturated rings. The molecular weight excluding hydrogens is 360 g/mol. The quantitative estimate of drug-likeness (QED) is 0.809. The molecule has 148 valence electrons. The van der Waals surface area contributed by atoms with Gasteiger partial charge >= 0.3 is 5.97 Å². The minimum atomic E-state index is -1.01. The van der Waals surface area contributed by atoms with Crippen molar-refractivity contribution in [1.82, 2.24) is 9.80 Å². The first-order valence-corrected chi connectivity index (χ1v) is 10.0. The molecule has 1 aliphatic carbocycles. The number of fused-ring (bicyclic) bond motifs is 1. The van der Waals surface area contributed by atoms with Crippen LogP contribution in [-0.4, -0.2) is 57.2 Å². The number of carboxylic acids is 1. The van der Waals surface area contributed by atoms with Gasteiger partial charge in [0.1, 0.15) is 6.04 Å². The first kappa shape index (κ1) is 18.7. The molecule has 2 aliphatic heterocycles. The first-order valence-electron chi connectivity index (χ1n) is 10.0. The molecule has 7 heteroatoms. The maximum atomic E-state index is 12.9. The van der Waals surface area contributed by atoms with Gasteiger partial charge in [0.2, 0.25) is 0 Å². The number of amides is 3. The third-order valence-electron chi connectivity index (χ3n) is 6.15. The fourth-order valence-corrected chi connectivity index (χ4v) is 4.66. The molecule has 4 rings (SSSR count). The first-order chi connectivity index (χ1) is 13.5. The van der Waals surface area contributed by atoms with Gasteiger partial charge in [-0.2, -0.15) is 0 Å². The maximum absolute atomic E-state index is 12.9. The molecule has 0 aromatic heterocycles. The Labute approximate surface area is 163 Å². The largest absolute Gasteiger partial charge is 0.480 e. The molecule has 1 N–H and O–H groups in total. The molecule has 3 amide bonds. The third-order valence-corrected chi connectivity index (χ3v) is 6.15. The zero-order chi connectivity index (χ0) is 19.8. The summed E-state index contributed by atoms with van der Waals surface area (Å²) in [7, 11) is 0. The molecule has 1 aromatic rings. The lowest BCUT2D eigenvalue weighted by molar-refractivity contribution is -0.143. The highest BCUT2D eigenvalue weighted by molar-refractivity contribution is 6.22. The lowest BCUT2D eigenvalue weighted by Crippen LogP contribution is -2.48. The van der Waals surface area contributed by atoms with Gasteiger partial charge in [-0.1, -0.05) is 19.3 Å². The van der Waals surface area contributed by atoms with E-state index >= 15 is 0 Å². The Bertz CT molecular complexity index is 843. The van der Waals surface area contributed by atoms with E-state index in [2.05, 4.69) is 0 Å². The molecule has 1 atom stereocenters. The van der Waals surface area contributed by atoms with Crippen LogP contribution in [0.15, 0.2) is 18.2 Å². The van der Waals surface area contributed by atoms with Crippen molar-refractivity contribution >= 4 is 23.7 Å². The molecule has 0 radical (unpaired) electrons. The number of hydrogen-bond donors (Lipinski definition) is 1. The van der Waals surface area contributed by atoms with Crippen molar-refractivity contribution in [2.75, 3.05) is 6.54 Å². The number of benzene rings is 1. The summed E-state index contributed by atoms with van der Waals surface area (Å²) in [6.45, 7) is 0.383. The summed E-state index contributed by atoms with van der Waals surface area (Å²) in [5, 5.41) is 9.42. The van der Waals surface area contributed by atoms with Crippen molar-refractivity contribution in [1.29, 1.82) is 0 Å². The molecule has 28 heavy (non-hydrogen) atoms. The highest BCUT2D eigenvalue weighted by Crippen LogP contribution is 2.32. The van der Waals surface area contributed by atoms with Crippen LogP contribution < -0.4 is 0 Å². The topological polar surface area (TPSA) is 95.0 Å². The minimum absolute atomic E-state index is 0.0706. The zero-order valence-electron chi connectivity index (χ0n) is 15.7. The molecule has 1 saturated carbocycles. The molecule has 1 aromatic carbocycles. The Balaban J connectivity index is 1.61. The number of likely N-dealkylation sites (tertiary alicyclic amines) is 1. The Morgan fingerprint density at radius 3 is 2.29 bits per heavy atom. The van der Waals surface area contributed by atoms with Crippen LogP contribution in [0.3, 0.4) is 0 Å². The highest BCUT2D eigenvalue weighted by Gasteiger charge is 2.41. The van der Waals surface area contributed by atoms with E-state index < -0.39 is 17.9 Å². The number of carbonyl (C=O) groups excluding carboxylic acids is 3. The molecular formula is C21H24N2O5. The van der Waals surface area contributed by atoms with E-state index in [4.69, 9.17) is 0 Å². The van der Waals surface area contributed by atoms with Crippen molar-refractivity contribution in [2.45, 2.75) is 63.5 Å². The predicted octanol–water partition coefficient (Wildman–Crippen LogP) is 2.69. The highest BCUT2D eigenvalue weighted by atomic mass is 16.4. The lowest BCUT2D eigenvalue weighted by atomic mass is 9.94. The van der Waals surface area contributed by atoms with Crippen LogP contribution in [0.2, 0.25) is 0 Å². The van der Waals surface area contributed by atoms with E-state index in [-0.39, 0.29) is 29.0 Å². The summed E-state index contributed by atoms with van der Waals surface area (Å²) in [5.41, 5.74) is 0.851. The van der Waals surface area contributed by atoms with Crippen LogP contribution in [0.4, 0.5) is 0 Å². The Morgan fingerprint density at radius 2 is 1.57 bits per heavy atom. The Kier molecular flexibility index (Phi) is 4.91. The summed E-state index contributed by atoms with van der Waals surface area (Å²) >= 11 is 0. The number of aliphatic carboxylic acids is 1. The Hall–Kier alpha value is -2.70. The van der Waals surface area contributed by atoms with Crippen molar-refractivity contribution < 1.29 is 24.3 Å². The number of nitrogens with zero attached hydrogens (tertiary/aromatic N) is 2. The molecule has 1 saturated heterocycles. The van der Waals surface area contributed by atoms with E-state index in [1.54, 1.807) is 0 Å². The molecule has 2 heterocycles. The Morgan fingerprint density at radius 1 is 0.893 bits per heavy atom. The number of imide groups is 1. The van der Waals surface area contributed by atoms with Gasteiger partial charge in [0.25, 0.3) is 17.7 Å². The average Bonchev–Trinajstić information content (AvgIpc) is 2.98. The summed E-state index contributed by atoms with van der Waals surface area (Å²) in [4.78, 5) is 52.8. The molecule has 0 spiro atoms. The second kappa shape index (κ2) is 7.37. The number of hydrogen-bond acceptors (Lipinski definition) is 4. The predicted molar refractivity (Wildman–Crippen MR) is 100 cm³/mol. The van der Waals surface area contributed by atoms with Gasteiger partial charge in [0.05, 0.1) is 11.1 Å². The number of carbonyl (C=O) groups is 4. The van der Waals surface area contributed by atoms with E-state index in [1.807, 2.05) is 0 Å². The average molecular weight is 384 g/mol. The van der Waals surface area contributed by atoms with E-state index in [9.17, 15) is 24.3 Å².